The second-order valence-electron chi connectivity index (χ2n) is 9.45. The minimum absolute atomic E-state index is 0.00398. The number of carbonyl (C=O) groups is 2. The first kappa shape index (κ1) is 27.1. The van der Waals surface area contributed by atoms with Crippen molar-refractivity contribution in [3.05, 3.63) is 70.7 Å². The van der Waals surface area contributed by atoms with Crippen molar-refractivity contribution in [1.29, 1.82) is 0 Å². The third-order valence-corrected chi connectivity index (χ3v) is 9.25. The Bertz CT molecular complexity index is 1400. The van der Waals surface area contributed by atoms with Gasteiger partial charge in [0.15, 0.2) is 0 Å². The molecule has 37 heavy (non-hydrogen) atoms. The van der Waals surface area contributed by atoms with Crippen molar-refractivity contribution in [2.75, 3.05) is 10.8 Å². The normalized spacial score (nSPS) is 15.4. The lowest BCUT2D eigenvalue weighted by atomic mass is 10.1. The van der Waals surface area contributed by atoms with E-state index in [1.165, 1.54) is 4.31 Å². The molecule has 3 aromatic carbocycles. The van der Waals surface area contributed by atoms with E-state index in [0.717, 1.165) is 27.2 Å². The van der Waals surface area contributed by atoms with E-state index in [1.54, 1.807) is 30.0 Å². The fourth-order valence-electron chi connectivity index (χ4n) is 4.55. The molecule has 0 fully saturated rings. The number of amides is 2. The number of nitrogens with one attached hydrogen (secondary N) is 1. The SMILES string of the molecule is CC[C@H](C)NC(=O)[C@@H](C)N(Cc1ccc(Br)cc1)C(=O)CCCN1c2cccc3cccc(c23)S1(=O)=O. The van der Waals surface area contributed by atoms with Gasteiger partial charge >= 0.3 is 0 Å². The number of carbonyl (C=O) groups excluding carboxylic acids is 2. The van der Waals surface area contributed by atoms with Crippen LogP contribution in [0.4, 0.5) is 5.69 Å². The number of anilines is 1. The van der Waals surface area contributed by atoms with Gasteiger partial charge in [-0.15, -0.1) is 0 Å². The topological polar surface area (TPSA) is 86.8 Å². The van der Waals surface area contributed by atoms with E-state index in [1.807, 2.05) is 56.3 Å². The smallest absolute Gasteiger partial charge is 0.265 e. The highest BCUT2D eigenvalue weighted by Gasteiger charge is 2.35. The molecule has 3 aromatic rings. The molecule has 0 bridgehead atoms. The van der Waals surface area contributed by atoms with Crippen molar-refractivity contribution >= 4 is 54.2 Å². The molecule has 0 saturated heterocycles. The molecule has 0 saturated carbocycles. The van der Waals surface area contributed by atoms with Gasteiger partial charge in [-0.3, -0.25) is 13.9 Å². The van der Waals surface area contributed by atoms with Crippen LogP contribution >= 0.6 is 15.9 Å². The summed E-state index contributed by atoms with van der Waals surface area (Å²) in [4.78, 5) is 28.2. The third-order valence-electron chi connectivity index (χ3n) is 6.87. The van der Waals surface area contributed by atoms with Crippen LogP contribution in [0.2, 0.25) is 0 Å². The van der Waals surface area contributed by atoms with Gasteiger partial charge in [-0.1, -0.05) is 59.3 Å². The fourth-order valence-corrected chi connectivity index (χ4v) is 6.56. The summed E-state index contributed by atoms with van der Waals surface area (Å²) in [7, 11) is -3.68. The lowest BCUT2D eigenvalue weighted by Gasteiger charge is -2.30. The zero-order valence-electron chi connectivity index (χ0n) is 21.3. The van der Waals surface area contributed by atoms with Crippen LogP contribution in [0.3, 0.4) is 0 Å². The van der Waals surface area contributed by atoms with Crippen molar-refractivity contribution < 1.29 is 18.0 Å². The van der Waals surface area contributed by atoms with Crippen molar-refractivity contribution in [2.45, 2.75) is 63.6 Å². The van der Waals surface area contributed by atoms with Gasteiger partial charge in [0.05, 0.1) is 10.6 Å². The minimum Gasteiger partial charge on any atom is -0.352 e. The Morgan fingerprint density at radius 1 is 1.03 bits per heavy atom. The minimum atomic E-state index is -3.68. The van der Waals surface area contributed by atoms with Crippen molar-refractivity contribution in [1.82, 2.24) is 10.2 Å². The van der Waals surface area contributed by atoms with Crippen LogP contribution in [0.25, 0.3) is 10.8 Å². The number of rotatable bonds is 10. The largest absolute Gasteiger partial charge is 0.352 e. The molecule has 1 heterocycles. The highest BCUT2D eigenvalue weighted by Crippen LogP contribution is 2.42. The predicted octanol–water partition coefficient (Wildman–Crippen LogP) is 5.22. The zero-order chi connectivity index (χ0) is 26.7. The maximum absolute atomic E-state index is 13.4. The molecule has 1 N–H and O–H groups in total. The first-order chi connectivity index (χ1) is 17.6. The van der Waals surface area contributed by atoms with E-state index >= 15 is 0 Å². The monoisotopic (exact) mass is 585 g/mol. The quantitative estimate of drug-likeness (QED) is 0.353. The highest BCUT2D eigenvalue weighted by molar-refractivity contribution is 9.10. The number of benzene rings is 3. The van der Waals surface area contributed by atoms with Gasteiger partial charge in [0.1, 0.15) is 6.04 Å². The van der Waals surface area contributed by atoms with E-state index in [0.29, 0.717) is 17.0 Å². The molecule has 1 aliphatic rings. The van der Waals surface area contributed by atoms with Crippen molar-refractivity contribution in [3.8, 4) is 0 Å². The van der Waals surface area contributed by atoms with Gasteiger partial charge in [0.2, 0.25) is 11.8 Å². The molecule has 0 aliphatic carbocycles. The maximum Gasteiger partial charge on any atom is 0.265 e. The number of nitrogens with zero attached hydrogens (tertiary/aromatic N) is 2. The van der Waals surface area contributed by atoms with Crippen LogP contribution < -0.4 is 9.62 Å². The molecule has 0 aromatic heterocycles. The lowest BCUT2D eigenvalue weighted by Crippen LogP contribution is -2.49. The van der Waals surface area contributed by atoms with Gasteiger partial charge < -0.3 is 10.2 Å². The molecule has 0 radical (unpaired) electrons. The van der Waals surface area contributed by atoms with E-state index in [-0.39, 0.29) is 37.4 Å². The number of halogens is 1. The summed E-state index contributed by atoms with van der Waals surface area (Å²) in [5.74, 6) is -0.397. The molecule has 0 unspecified atom stereocenters. The summed E-state index contributed by atoms with van der Waals surface area (Å²) in [6.45, 7) is 6.12. The van der Waals surface area contributed by atoms with E-state index in [4.69, 9.17) is 0 Å². The van der Waals surface area contributed by atoms with Crippen molar-refractivity contribution in [3.63, 3.8) is 0 Å². The summed E-state index contributed by atoms with van der Waals surface area (Å²) in [6.07, 6.45) is 1.24. The average molecular weight is 587 g/mol. The summed E-state index contributed by atoms with van der Waals surface area (Å²) in [6, 6.07) is 17.8. The molecular weight excluding hydrogens is 554 g/mol. The fraction of sp³-hybridized carbons (Fsp3) is 0.357. The van der Waals surface area contributed by atoms with Gasteiger partial charge in [-0.25, -0.2) is 8.42 Å². The molecule has 4 rings (SSSR count). The van der Waals surface area contributed by atoms with E-state index in [9.17, 15) is 18.0 Å². The summed E-state index contributed by atoms with van der Waals surface area (Å²) in [5.41, 5.74) is 1.55. The molecule has 1 aliphatic heterocycles. The number of hydrogen-bond donors (Lipinski definition) is 1. The molecule has 9 heteroatoms. The van der Waals surface area contributed by atoms with E-state index < -0.39 is 16.1 Å². The number of hydrogen-bond acceptors (Lipinski definition) is 4. The first-order valence-corrected chi connectivity index (χ1v) is 14.8. The second-order valence-corrected chi connectivity index (χ2v) is 12.2. The Kier molecular flexibility index (Phi) is 8.23. The van der Waals surface area contributed by atoms with Gasteiger partial charge in [-0.05, 0) is 61.9 Å². The van der Waals surface area contributed by atoms with Crippen LogP contribution in [-0.4, -0.2) is 43.8 Å². The molecule has 2 atom stereocenters. The Morgan fingerprint density at radius 3 is 2.38 bits per heavy atom. The van der Waals surface area contributed by atoms with Crippen LogP contribution in [0.1, 0.15) is 45.6 Å². The molecule has 0 spiro atoms. The summed E-state index contributed by atoms with van der Waals surface area (Å²) >= 11 is 3.43. The van der Waals surface area contributed by atoms with Crippen molar-refractivity contribution in [2.24, 2.45) is 0 Å². The van der Waals surface area contributed by atoms with E-state index in [2.05, 4.69) is 21.2 Å². The van der Waals surface area contributed by atoms with Gasteiger partial charge in [0.25, 0.3) is 10.0 Å². The Hall–Kier alpha value is -2.91. The molecule has 7 nitrogen and oxygen atoms in total. The van der Waals surface area contributed by atoms with Crippen LogP contribution in [0.5, 0.6) is 0 Å². The third kappa shape index (κ3) is 5.67. The zero-order valence-corrected chi connectivity index (χ0v) is 23.7. The molecule has 2 amide bonds. The summed E-state index contributed by atoms with van der Waals surface area (Å²) in [5, 5.41) is 4.56. The van der Waals surface area contributed by atoms with Gasteiger partial charge in [0, 0.05) is 35.4 Å². The Balaban J connectivity index is 1.49. The summed E-state index contributed by atoms with van der Waals surface area (Å²) < 4.78 is 28.8. The molecule has 196 valence electrons. The second kappa shape index (κ2) is 11.2. The van der Waals surface area contributed by atoms with Crippen LogP contribution in [0.15, 0.2) is 70.0 Å². The number of sulfonamides is 1. The highest BCUT2D eigenvalue weighted by atomic mass is 79.9. The van der Waals surface area contributed by atoms with Gasteiger partial charge in [-0.2, -0.15) is 0 Å². The maximum atomic E-state index is 13.4. The lowest BCUT2D eigenvalue weighted by molar-refractivity contribution is -0.140. The van der Waals surface area contributed by atoms with Crippen LogP contribution in [0, 0.1) is 0 Å². The van der Waals surface area contributed by atoms with Crippen LogP contribution in [-0.2, 0) is 26.2 Å². The standard InChI is InChI=1S/C28H32BrN3O4S/c1-4-19(2)30-28(34)20(3)31(18-21-13-15-23(29)16-14-21)26(33)12-7-17-32-24-10-5-8-22-9-6-11-25(27(22)24)37(32,35)36/h5-6,8-11,13-16,19-20H,4,7,12,17-18H2,1-3H3,(H,30,34)/t19-,20+/m0/s1. The Morgan fingerprint density at radius 2 is 1.70 bits per heavy atom. The first-order valence-electron chi connectivity index (χ1n) is 12.5. The predicted molar refractivity (Wildman–Crippen MR) is 150 cm³/mol. The Labute approximate surface area is 227 Å². The average Bonchev–Trinajstić information content (AvgIpc) is 3.10. The molecular formula is C28H32BrN3O4S.